The molecule has 0 saturated carbocycles. The fraction of sp³-hybridized carbons (Fsp3) is 0.0476. The first-order valence-electron chi connectivity index (χ1n) is 8.99. The standard InChI is InChI=1S/C21H17N5O2S2/c22-18(27)13-30-16-10-5-4-9-15(16)23-21(28)19-24-20(17-11-6-12-29-17)26(25-19)14-7-2-1-3-8-14/h1-12H,13H2,(H2,22,27)(H,23,28). The molecule has 0 aliphatic rings. The lowest BCUT2D eigenvalue weighted by molar-refractivity contribution is -0.115. The zero-order valence-corrected chi connectivity index (χ0v) is 17.3. The number of nitrogens with zero attached hydrogens (tertiary/aromatic N) is 3. The van der Waals surface area contributed by atoms with Crippen molar-refractivity contribution in [2.75, 3.05) is 11.1 Å². The summed E-state index contributed by atoms with van der Waals surface area (Å²) < 4.78 is 1.66. The molecule has 2 amide bonds. The molecule has 3 N–H and O–H groups in total. The quantitative estimate of drug-likeness (QED) is 0.430. The van der Waals surface area contributed by atoms with E-state index in [0.29, 0.717) is 11.5 Å². The second-order valence-electron chi connectivity index (χ2n) is 6.19. The summed E-state index contributed by atoms with van der Waals surface area (Å²) in [5.41, 5.74) is 6.62. The Hall–Kier alpha value is -3.43. The number of aromatic nitrogens is 3. The van der Waals surface area contributed by atoms with Gasteiger partial charge >= 0.3 is 0 Å². The number of thiophene rings is 1. The molecule has 30 heavy (non-hydrogen) atoms. The Kier molecular flexibility index (Phi) is 5.92. The van der Waals surface area contributed by atoms with Crippen LogP contribution in [0.2, 0.25) is 0 Å². The van der Waals surface area contributed by atoms with Crippen molar-refractivity contribution in [3.05, 3.63) is 77.9 Å². The molecule has 0 aliphatic heterocycles. The number of primary amides is 1. The van der Waals surface area contributed by atoms with Gasteiger partial charge in [-0.05, 0) is 35.7 Å². The Balaban J connectivity index is 1.65. The van der Waals surface area contributed by atoms with Crippen LogP contribution in [-0.4, -0.2) is 32.3 Å². The molecular weight excluding hydrogens is 418 g/mol. The van der Waals surface area contributed by atoms with Crippen molar-refractivity contribution in [2.45, 2.75) is 4.90 Å². The molecule has 0 aliphatic carbocycles. The van der Waals surface area contributed by atoms with Crippen molar-refractivity contribution >= 4 is 40.6 Å². The van der Waals surface area contributed by atoms with Gasteiger partial charge in [0.1, 0.15) is 0 Å². The van der Waals surface area contributed by atoms with E-state index in [-0.39, 0.29) is 11.6 Å². The van der Waals surface area contributed by atoms with Crippen molar-refractivity contribution in [1.82, 2.24) is 14.8 Å². The smallest absolute Gasteiger partial charge is 0.295 e. The Morgan fingerprint density at radius 1 is 1.03 bits per heavy atom. The highest BCUT2D eigenvalue weighted by molar-refractivity contribution is 8.00. The van der Waals surface area contributed by atoms with Gasteiger partial charge in [0.05, 0.1) is 22.0 Å². The van der Waals surface area contributed by atoms with Gasteiger partial charge in [0, 0.05) is 4.90 Å². The van der Waals surface area contributed by atoms with E-state index < -0.39 is 11.8 Å². The van der Waals surface area contributed by atoms with Crippen LogP contribution in [0.15, 0.2) is 77.0 Å². The Labute approximate surface area is 181 Å². The average molecular weight is 436 g/mol. The van der Waals surface area contributed by atoms with Crippen LogP contribution in [0.1, 0.15) is 10.6 Å². The first-order valence-corrected chi connectivity index (χ1v) is 10.9. The summed E-state index contributed by atoms with van der Waals surface area (Å²) in [6.07, 6.45) is 0. The van der Waals surface area contributed by atoms with Gasteiger partial charge in [-0.3, -0.25) is 9.59 Å². The lowest BCUT2D eigenvalue weighted by Gasteiger charge is -2.08. The van der Waals surface area contributed by atoms with E-state index >= 15 is 0 Å². The highest BCUT2D eigenvalue weighted by Gasteiger charge is 2.20. The van der Waals surface area contributed by atoms with Crippen LogP contribution in [0, 0.1) is 0 Å². The summed E-state index contributed by atoms with van der Waals surface area (Å²) in [7, 11) is 0. The molecule has 0 radical (unpaired) electrons. The molecule has 0 unspecified atom stereocenters. The predicted molar refractivity (Wildman–Crippen MR) is 119 cm³/mol. The summed E-state index contributed by atoms with van der Waals surface area (Å²) in [5.74, 6) is -0.0923. The van der Waals surface area contributed by atoms with Crippen LogP contribution in [0.3, 0.4) is 0 Å². The van der Waals surface area contributed by atoms with E-state index in [4.69, 9.17) is 5.73 Å². The number of thioether (sulfide) groups is 1. The number of nitrogens with one attached hydrogen (secondary N) is 1. The van der Waals surface area contributed by atoms with Gasteiger partial charge in [0.15, 0.2) is 5.82 Å². The van der Waals surface area contributed by atoms with Crippen molar-refractivity contribution in [3.63, 3.8) is 0 Å². The first-order chi connectivity index (χ1) is 14.6. The minimum absolute atomic E-state index is 0.0527. The van der Waals surface area contributed by atoms with Gasteiger partial charge < -0.3 is 11.1 Å². The van der Waals surface area contributed by atoms with E-state index in [1.54, 1.807) is 16.8 Å². The number of amides is 2. The number of anilines is 1. The third-order valence-electron chi connectivity index (χ3n) is 4.06. The monoisotopic (exact) mass is 435 g/mol. The SMILES string of the molecule is NC(=O)CSc1ccccc1NC(=O)c1nc(-c2cccs2)n(-c2ccccc2)n1. The van der Waals surface area contributed by atoms with Crippen LogP contribution < -0.4 is 11.1 Å². The predicted octanol–water partition coefficient (Wildman–Crippen LogP) is 3.83. The van der Waals surface area contributed by atoms with Crippen molar-refractivity contribution in [3.8, 4) is 16.4 Å². The molecule has 0 saturated heterocycles. The second kappa shape index (κ2) is 8.93. The van der Waals surface area contributed by atoms with Crippen molar-refractivity contribution in [1.29, 1.82) is 0 Å². The zero-order chi connectivity index (χ0) is 20.9. The van der Waals surface area contributed by atoms with Gasteiger partial charge in [-0.25, -0.2) is 9.67 Å². The molecule has 150 valence electrons. The molecule has 4 aromatic rings. The average Bonchev–Trinajstić information content (AvgIpc) is 3.43. The molecular formula is C21H17N5O2S2. The van der Waals surface area contributed by atoms with E-state index in [0.717, 1.165) is 15.5 Å². The van der Waals surface area contributed by atoms with Gasteiger partial charge in [0.2, 0.25) is 11.7 Å². The van der Waals surface area contributed by atoms with Crippen molar-refractivity contribution in [2.24, 2.45) is 5.73 Å². The van der Waals surface area contributed by atoms with Crippen LogP contribution in [0.4, 0.5) is 5.69 Å². The van der Waals surface area contributed by atoms with Crippen LogP contribution >= 0.6 is 23.1 Å². The molecule has 4 rings (SSSR count). The lowest BCUT2D eigenvalue weighted by atomic mass is 10.3. The van der Waals surface area contributed by atoms with E-state index in [2.05, 4.69) is 15.4 Å². The molecule has 7 nitrogen and oxygen atoms in total. The van der Waals surface area contributed by atoms with Gasteiger partial charge in [0.25, 0.3) is 5.91 Å². The number of hydrogen-bond acceptors (Lipinski definition) is 6. The lowest BCUT2D eigenvalue weighted by Crippen LogP contribution is -2.16. The normalized spacial score (nSPS) is 10.7. The Morgan fingerprint density at radius 3 is 2.53 bits per heavy atom. The maximum Gasteiger partial charge on any atom is 0.295 e. The highest BCUT2D eigenvalue weighted by Crippen LogP contribution is 2.28. The Morgan fingerprint density at radius 2 is 1.80 bits per heavy atom. The van der Waals surface area contributed by atoms with Crippen LogP contribution in [-0.2, 0) is 4.79 Å². The van der Waals surface area contributed by atoms with Crippen LogP contribution in [0.5, 0.6) is 0 Å². The van der Waals surface area contributed by atoms with E-state index in [1.165, 1.54) is 23.1 Å². The number of benzene rings is 2. The molecule has 2 heterocycles. The molecule has 2 aromatic carbocycles. The van der Waals surface area contributed by atoms with Gasteiger partial charge in [-0.15, -0.1) is 28.2 Å². The number of nitrogens with two attached hydrogens (primary N) is 1. The number of carbonyl (C=O) groups excluding carboxylic acids is 2. The third-order valence-corrected chi connectivity index (χ3v) is 6.02. The number of carbonyl (C=O) groups is 2. The molecule has 0 atom stereocenters. The largest absolute Gasteiger partial charge is 0.369 e. The summed E-state index contributed by atoms with van der Waals surface area (Å²) in [6, 6.07) is 20.6. The van der Waals surface area contributed by atoms with E-state index in [9.17, 15) is 9.59 Å². The second-order valence-corrected chi connectivity index (χ2v) is 8.15. The summed E-state index contributed by atoms with van der Waals surface area (Å²) >= 11 is 2.79. The molecule has 0 bridgehead atoms. The number of hydrogen-bond donors (Lipinski definition) is 2. The van der Waals surface area contributed by atoms with E-state index in [1.807, 2.05) is 60.0 Å². The first kappa shape index (κ1) is 19.9. The number of para-hydroxylation sites is 2. The maximum absolute atomic E-state index is 12.9. The number of rotatable bonds is 7. The van der Waals surface area contributed by atoms with Crippen LogP contribution in [0.25, 0.3) is 16.4 Å². The highest BCUT2D eigenvalue weighted by atomic mass is 32.2. The Bertz CT molecular complexity index is 1170. The minimum Gasteiger partial charge on any atom is -0.369 e. The maximum atomic E-state index is 12.9. The molecule has 2 aromatic heterocycles. The minimum atomic E-state index is -0.436. The summed E-state index contributed by atoms with van der Waals surface area (Å²) in [6.45, 7) is 0. The van der Waals surface area contributed by atoms with Gasteiger partial charge in [-0.2, -0.15) is 0 Å². The topological polar surface area (TPSA) is 103 Å². The van der Waals surface area contributed by atoms with Gasteiger partial charge in [-0.1, -0.05) is 36.4 Å². The summed E-state index contributed by atoms with van der Waals surface area (Å²) in [5, 5.41) is 9.25. The zero-order valence-electron chi connectivity index (χ0n) is 15.7. The third kappa shape index (κ3) is 4.42. The van der Waals surface area contributed by atoms with Crippen molar-refractivity contribution < 1.29 is 9.59 Å². The summed E-state index contributed by atoms with van der Waals surface area (Å²) in [4.78, 5) is 30.2. The molecule has 0 spiro atoms. The molecule has 9 heteroatoms. The fourth-order valence-corrected chi connectivity index (χ4v) is 4.19. The fourth-order valence-electron chi connectivity index (χ4n) is 2.75. The molecule has 0 fully saturated rings.